The van der Waals surface area contributed by atoms with Crippen molar-refractivity contribution in [2.45, 2.75) is 48.5 Å². The number of aliphatic hydroxyl groups is 1. The molecule has 1 aliphatic rings. The minimum Gasteiger partial charge on any atom is -0.388 e. The average molecular weight is 298 g/mol. The zero-order valence-electron chi connectivity index (χ0n) is 11.5. The summed E-state index contributed by atoms with van der Waals surface area (Å²) in [4.78, 5) is 0. The lowest BCUT2D eigenvalue weighted by Crippen LogP contribution is -2.30. The maximum atomic E-state index is 12.4. The van der Waals surface area contributed by atoms with E-state index in [9.17, 15) is 9.32 Å². The van der Waals surface area contributed by atoms with Crippen molar-refractivity contribution in [2.75, 3.05) is 5.75 Å². The molecule has 1 heterocycles. The standard InChI is InChI=1S/C15H22O2S2/c1-12(2)18-15(9-6-10-19(15)17)11-14(16)13-7-4-3-5-8-13/h3-5,7-8,12,14,16H,6,9-11H2,1-2H3/t14-,15-,19?/m0/s1. The number of benzene rings is 1. The van der Waals surface area contributed by atoms with Crippen LogP contribution < -0.4 is 0 Å². The van der Waals surface area contributed by atoms with Gasteiger partial charge in [0, 0.05) is 28.2 Å². The predicted molar refractivity (Wildman–Crippen MR) is 83.7 cm³/mol. The lowest BCUT2D eigenvalue weighted by atomic mass is 10.0. The first-order valence-electron chi connectivity index (χ1n) is 6.83. The normalized spacial score (nSPS) is 28.7. The predicted octanol–water partition coefficient (Wildman–Crippen LogP) is 3.49. The number of thioether (sulfide) groups is 1. The molecule has 0 radical (unpaired) electrons. The first kappa shape index (κ1) is 15.1. The average Bonchev–Trinajstić information content (AvgIpc) is 2.71. The van der Waals surface area contributed by atoms with Crippen LogP contribution in [-0.2, 0) is 10.8 Å². The Kier molecular flexibility index (Phi) is 5.09. The van der Waals surface area contributed by atoms with Gasteiger partial charge in [0.2, 0.25) is 0 Å². The number of hydrogen-bond acceptors (Lipinski definition) is 3. The number of rotatable bonds is 5. The van der Waals surface area contributed by atoms with Crippen LogP contribution in [0.3, 0.4) is 0 Å². The number of hydrogen-bond donors (Lipinski definition) is 1. The third kappa shape index (κ3) is 3.61. The molecule has 1 fully saturated rings. The maximum Gasteiger partial charge on any atom is 0.0939 e. The van der Waals surface area contributed by atoms with Gasteiger partial charge in [0.15, 0.2) is 0 Å². The van der Waals surface area contributed by atoms with Crippen LogP contribution in [0, 0.1) is 0 Å². The number of aliphatic hydroxyl groups excluding tert-OH is 1. The summed E-state index contributed by atoms with van der Waals surface area (Å²) >= 11 is 1.78. The molecule has 0 bridgehead atoms. The second-order valence-corrected chi connectivity index (χ2v) is 9.46. The van der Waals surface area contributed by atoms with Gasteiger partial charge in [-0.05, 0) is 18.4 Å². The molecule has 2 rings (SSSR count). The Morgan fingerprint density at radius 3 is 2.58 bits per heavy atom. The molecule has 1 unspecified atom stereocenters. The molecular formula is C15H22O2S2. The van der Waals surface area contributed by atoms with E-state index >= 15 is 0 Å². The van der Waals surface area contributed by atoms with Crippen molar-refractivity contribution in [3.05, 3.63) is 35.9 Å². The summed E-state index contributed by atoms with van der Waals surface area (Å²) in [7, 11) is -0.831. The van der Waals surface area contributed by atoms with Gasteiger partial charge in [-0.3, -0.25) is 4.21 Å². The Balaban J connectivity index is 2.15. The van der Waals surface area contributed by atoms with E-state index in [1.807, 2.05) is 30.3 Å². The molecule has 2 nitrogen and oxygen atoms in total. The van der Waals surface area contributed by atoms with Crippen LogP contribution in [0.4, 0.5) is 0 Å². The van der Waals surface area contributed by atoms with Crippen LogP contribution in [0.25, 0.3) is 0 Å². The molecule has 106 valence electrons. The van der Waals surface area contributed by atoms with Gasteiger partial charge < -0.3 is 5.11 Å². The monoisotopic (exact) mass is 298 g/mol. The van der Waals surface area contributed by atoms with Gasteiger partial charge in [0.1, 0.15) is 0 Å². The van der Waals surface area contributed by atoms with E-state index in [-0.39, 0.29) is 4.08 Å². The molecule has 1 N–H and O–H groups in total. The summed E-state index contributed by atoms with van der Waals surface area (Å²) in [5, 5.41) is 10.9. The molecule has 0 spiro atoms. The summed E-state index contributed by atoms with van der Waals surface area (Å²) in [5.74, 6) is 0.779. The quantitative estimate of drug-likeness (QED) is 0.904. The van der Waals surface area contributed by atoms with Crippen molar-refractivity contribution in [3.8, 4) is 0 Å². The lowest BCUT2D eigenvalue weighted by molar-refractivity contribution is 0.162. The molecular weight excluding hydrogens is 276 g/mol. The highest BCUT2D eigenvalue weighted by Gasteiger charge is 2.43. The van der Waals surface area contributed by atoms with Crippen molar-refractivity contribution in [3.63, 3.8) is 0 Å². The molecule has 0 saturated carbocycles. The molecule has 19 heavy (non-hydrogen) atoms. The molecule has 1 aliphatic heterocycles. The molecule has 1 saturated heterocycles. The van der Waals surface area contributed by atoms with E-state index < -0.39 is 16.9 Å². The van der Waals surface area contributed by atoms with E-state index in [1.165, 1.54) is 0 Å². The smallest absolute Gasteiger partial charge is 0.0939 e. The summed E-state index contributed by atoms with van der Waals surface area (Å²) in [6.45, 7) is 4.27. The van der Waals surface area contributed by atoms with Gasteiger partial charge >= 0.3 is 0 Å². The highest BCUT2D eigenvalue weighted by molar-refractivity contribution is 8.13. The molecule has 0 aromatic heterocycles. The van der Waals surface area contributed by atoms with E-state index in [0.717, 1.165) is 24.2 Å². The van der Waals surface area contributed by atoms with Crippen LogP contribution in [-0.4, -0.2) is 24.4 Å². The first-order chi connectivity index (χ1) is 9.03. The third-order valence-electron chi connectivity index (χ3n) is 3.44. The molecule has 1 aromatic rings. The van der Waals surface area contributed by atoms with Crippen LogP contribution in [0.1, 0.15) is 44.8 Å². The summed E-state index contributed by atoms with van der Waals surface area (Å²) in [6, 6.07) is 9.70. The van der Waals surface area contributed by atoms with Crippen LogP contribution in [0.5, 0.6) is 0 Å². The van der Waals surface area contributed by atoms with E-state index in [4.69, 9.17) is 0 Å². The molecule has 0 amide bonds. The second kappa shape index (κ2) is 6.42. The first-order valence-corrected chi connectivity index (χ1v) is 9.03. The fraction of sp³-hybridized carbons (Fsp3) is 0.600. The zero-order chi connectivity index (χ0) is 13.9. The SMILES string of the molecule is CC(C)S[C@@]1(C[C@H](O)c2ccccc2)CCCS1=O. The van der Waals surface area contributed by atoms with Crippen LogP contribution in [0.2, 0.25) is 0 Å². The maximum absolute atomic E-state index is 12.4. The van der Waals surface area contributed by atoms with Crippen molar-refractivity contribution in [1.82, 2.24) is 0 Å². The Morgan fingerprint density at radius 2 is 2.05 bits per heavy atom. The zero-order valence-corrected chi connectivity index (χ0v) is 13.2. The van der Waals surface area contributed by atoms with Crippen LogP contribution >= 0.6 is 11.8 Å². The summed E-state index contributed by atoms with van der Waals surface area (Å²) in [6.07, 6.45) is 2.03. The van der Waals surface area contributed by atoms with Gasteiger partial charge in [-0.25, -0.2) is 0 Å². The molecule has 0 aliphatic carbocycles. The largest absolute Gasteiger partial charge is 0.388 e. The van der Waals surface area contributed by atoms with Crippen molar-refractivity contribution < 1.29 is 9.32 Å². The highest BCUT2D eigenvalue weighted by Crippen LogP contribution is 2.47. The van der Waals surface area contributed by atoms with Gasteiger partial charge in [-0.15, -0.1) is 11.8 Å². The highest BCUT2D eigenvalue weighted by atomic mass is 32.2. The minimum atomic E-state index is -0.831. The molecule has 4 heteroatoms. The van der Waals surface area contributed by atoms with E-state index in [1.54, 1.807) is 11.8 Å². The Labute approximate surface area is 122 Å². The van der Waals surface area contributed by atoms with Crippen LogP contribution in [0.15, 0.2) is 30.3 Å². The van der Waals surface area contributed by atoms with Gasteiger partial charge in [-0.2, -0.15) is 0 Å². The van der Waals surface area contributed by atoms with Gasteiger partial charge in [-0.1, -0.05) is 44.2 Å². The Morgan fingerprint density at radius 1 is 1.37 bits per heavy atom. The molecule has 1 aromatic carbocycles. The summed E-state index contributed by atoms with van der Waals surface area (Å²) < 4.78 is 12.1. The van der Waals surface area contributed by atoms with Gasteiger partial charge in [0.05, 0.1) is 10.2 Å². The third-order valence-corrected chi connectivity index (χ3v) is 7.42. The van der Waals surface area contributed by atoms with E-state index in [0.29, 0.717) is 11.7 Å². The fourth-order valence-electron chi connectivity index (χ4n) is 2.65. The van der Waals surface area contributed by atoms with Crippen molar-refractivity contribution >= 4 is 22.6 Å². The summed E-state index contributed by atoms with van der Waals surface area (Å²) in [5.41, 5.74) is 0.926. The van der Waals surface area contributed by atoms with Crippen molar-refractivity contribution in [1.29, 1.82) is 0 Å². The van der Waals surface area contributed by atoms with Crippen molar-refractivity contribution in [2.24, 2.45) is 0 Å². The Bertz CT molecular complexity index is 433. The topological polar surface area (TPSA) is 37.3 Å². The van der Waals surface area contributed by atoms with Gasteiger partial charge in [0.25, 0.3) is 0 Å². The molecule has 3 atom stereocenters. The second-order valence-electron chi connectivity index (χ2n) is 5.36. The Hall–Kier alpha value is -0.320. The van der Waals surface area contributed by atoms with E-state index in [2.05, 4.69) is 13.8 Å². The fourth-order valence-corrected chi connectivity index (χ4v) is 6.77. The minimum absolute atomic E-state index is 0.260. The lowest BCUT2D eigenvalue weighted by Gasteiger charge is -2.31.